The Kier molecular flexibility index (Phi) is 3.59. The number of ether oxygens (including phenoxy) is 1. The molecular formula is C13H19N5O. The second-order valence-electron chi connectivity index (χ2n) is 4.90. The lowest BCUT2D eigenvalue weighted by molar-refractivity contribution is 0.00397. The van der Waals surface area contributed by atoms with Crippen LogP contribution in [0.2, 0.25) is 0 Å². The zero-order chi connectivity index (χ0) is 13.1. The summed E-state index contributed by atoms with van der Waals surface area (Å²) in [6.45, 7) is 3.03. The van der Waals surface area contributed by atoms with Crippen LogP contribution in [0.3, 0.4) is 0 Å². The van der Waals surface area contributed by atoms with Crippen LogP contribution in [-0.2, 0) is 4.74 Å². The molecule has 1 N–H and O–H groups in total. The van der Waals surface area contributed by atoms with Crippen molar-refractivity contribution in [2.75, 3.05) is 11.9 Å². The number of aromatic nitrogens is 4. The molecule has 1 aliphatic heterocycles. The molecule has 6 heteroatoms. The first kappa shape index (κ1) is 12.3. The maximum Gasteiger partial charge on any atom is 0.203 e. The Morgan fingerprint density at radius 2 is 2.47 bits per heavy atom. The third-order valence-electron chi connectivity index (χ3n) is 3.64. The molecule has 0 radical (unpaired) electrons. The summed E-state index contributed by atoms with van der Waals surface area (Å²) >= 11 is 0. The molecule has 1 saturated heterocycles. The fourth-order valence-electron chi connectivity index (χ4n) is 2.58. The lowest BCUT2D eigenvalue weighted by Gasteiger charge is -2.30. The van der Waals surface area contributed by atoms with Crippen LogP contribution < -0.4 is 5.32 Å². The monoisotopic (exact) mass is 261 g/mol. The van der Waals surface area contributed by atoms with Gasteiger partial charge in [0, 0.05) is 19.0 Å². The van der Waals surface area contributed by atoms with Crippen molar-refractivity contribution in [3.8, 4) is 0 Å². The zero-order valence-electron chi connectivity index (χ0n) is 11.1. The minimum Gasteiger partial charge on any atom is -0.376 e. The van der Waals surface area contributed by atoms with E-state index < -0.39 is 0 Å². The van der Waals surface area contributed by atoms with Gasteiger partial charge in [-0.05, 0) is 25.7 Å². The molecule has 0 bridgehead atoms. The molecule has 2 aromatic heterocycles. The number of hydrogen-bond acceptors (Lipinski definition) is 5. The predicted octanol–water partition coefficient (Wildman–Crippen LogP) is 1.88. The Hall–Kier alpha value is -1.69. The fourth-order valence-corrected chi connectivity index (χ4v) is 2.58. The standard InChI is InChI=1S/C13H19N5O/c1-2-10(11-5-3-4-8-19-11)16-12-13-17-15-9-18(13)7-6-14-12/h6-7,9-11H,2-5,8H2,1H3,(H,14,16). The molecule has 6 nitrogen and oxygen atoms in total. The van der Waals surface area contributed by atoms with Crippen LogP contribution in [0.15, 0.2) is 18.7 Å². The van der Waals surface area contributed by atoms with Crippen LogP contribution in [0.25, 0.3) is 5.65 Å². The van der Waals surface area contributed by atoms with Crippen molar-refractivity contribution in [1.29, 1.82) is 0 Å². The first-order chi connectivity index (χ1) is 9.38. The second kappa shape index (κ2) is 5.52. The van der Waals surface area contributed by atoms with E-state index >= 15 is 0 Å². The Morgan fingerprint density at radius 3 is 3.26 bits per heavy atom. The van der Waals surface area contributed by atoms with Crippen LogP contribution in [-0.4, -0.2) is 38.3 Å². The van der Waals surface area contributed by atoms with Crippen molar-refractivity contribution in [3.63, 3.8) is 0 Å². The van der Waals surface area contributed by atoms with Gasteiger partial charge >= 0.3 is 0 Å². The molecule has 1 aliphatic rings. The molecule has 1 fully saturated rings. The quantitative estimate of drug-likeness (QED) is 0.910. The molecule has 2 unspecified atom stereocenters. The highest BCUT2D eigenvalue weighted by Crippen LogP contribution is 2.21. The number of nitrogens with one attached hydrogen (secondary N) is 1. The lowest BCUT2D eigenvalue weighted by atomic mass is 10.0. The summed E-state index contributed by atoms with van der Waals surface area (Å²) in [4.78, 5) is 4.37. The summed E-state index contributed by atoms with van der Waals surface area (Å²) in [5.41, 5.74) is 0.761. The minimum absolute atomic E-state index is 0.267. The van der Waals surface area contributed by atoms with Crippen molar-refractivity contribution in [2.45, 2.75) is 44.8 Å². The molecule has 2 aromatic rings. The molecule has 0 amide bonds. The van der Waals surface area contributed by atoms with Gasteiger partial charge < -0.3 is 10.1 Å². The lowest BCUT2D eigenvalue weighted by Crippen LogP contribution is -2.37. The fraction of sp³-hybridized carbons (Fsp3) is 0.615. The number of fused-ring (bicyclic) bond motifs is 1. The van der Waals surface area contributed by atoms with E-state index in [1.165, 1.54) is 12.8 Å². The maximum absolute atomic E-state index is 5.86. The van der Waals surface area contributed by atoms with Crippen LogP contribution in [0.5, 0.6) is 0 Å². The van der Waals surface area contributed by atoms with Crippen LogP contribution >= 0.6 is 0 Å². The van der Waals surface area contributed by atoms with Crippen molar-refractivity contribution in [2.24, 2.45) is 0 Å². The number of nitrogens with zero attached hydrogens (tertiary/aromatic N) is 4. The average molecular weight is 261 g/mol. The van der Waals surface area contributed by atoms with Crippen LogP contribution in [0, 0.1) is 0 Å². The van der Waals surface area contributed by atoms with E-state index in [1.807, 2.05) is 10.6 Å². The topological polar surface area (TPSA) is 64.3 Å². The van der Waals surface area contributed by atoms with E-state index in [1.54, 1.807) is 12.5 Å². The second-order valence-corrected chi connectivity index (χ2v) is 4.90. The summed E-state index contributed by atoms with van der Waals surface area (Å²) in [7, 11) is 0. The summed E-state index contributed by atoms with van der Waals surface area (Å²) in [5, 5.41) is 11.5. The van der Waals surface area contributed by atoms with Gasteiger partial charge in [-0.2, -0.15) is 0 Å². The van der Waals surface area contributed by atoms with E-state index in [0.29, 0.717) is 0 Å². The van der Waals surface area contributed by atoms with Crippen molar-refractivity contribution in [1.82, 2.24) is 19.6 Å². The van der Waals surface area contributed by atoms with E-state index in [-0.39, 0.29) is 12.1 Å². The Bertz CT molecular complexity index is 535. The molecule has 0 saturated carbocycles. The Balaban J connectivity index is 1.79. The van der Waals surface area contributed by atoms with Gasteiger partial charge in [0.25, 0.3) is 0 Å². The molecule has 0 spiro atoms. The van der Waals surface area contributed by atoms with Crippen molar-refractivity contribution >= 4 is 11.5 Å². The number of rotatable bonds is 4. The Labute approximate surface area is 112 Å². The van der Waals surface area contributed by atoms with E-state index in [4.69, 9.17) is 4.74 Å². The van der Waals surface area contributed by atoms with E-state index in [2.05, 4.69) is 27.4 Å². The van der Waals surface area contributed by atoms with Gasteiger partial charge in [-0.25, -0.2) is 4.98 Å². The molecule has 0 aromatic carbocycles. The summed E-state index contributed by atoms with van der Waals surface area (Å²) in [5.74, 6) is 0.779. The van der Waals surface area contributed by atoms with Gasteiger partial charge in [0.05, 0.1) is 12.1 Å². The third-order valence-corrected chi connectivity index (χ3v) is 3.64. The van der Waals surface area contributed by atoms with E-state index in [9.17, 15) is 0 Å². The van der Waals surface area contributed by atoms with Gasteiger partial charge in [-0.3, -0.25) is 4.40 Å². The van der Waals surface area contributed by atoms with Gasteiger partial charge in [0.2, 0.25) is 5.65 Å². The molecule has 3 heterocycles. The highest BCUT2D eigenvalue weighted by Gasteiger charge is 2.24. The Morgan fingerprint density at radius 1 is 1.53 bits per heavy atom. The van der Waals surface area contributed by atoms with Crippen LogP contribution in [0.1, 0.15) is 32.6 Å². The molecule has 0 aliphatic carbocycles. The molecular weight excluding hydrogens is 242 g/mol. The summed E-state index contributed by atoms with van der Waals surface area (Å²) in [6, 6.07) is 0.274. The normalized spacial score (nSPS) is 21.4. The first-order valence-corrected chi connectivity index (χ1v) is 6.91. The molecule has 3 rings (SSSR count). The van der Waals surface area contributed by atoms with E-state index in [0.717, 1.165) is 30.9 Å². The van der Waals surface area contributed by atoms with Crippen LogP contribution in [0.4, 0.5) is 5.82 Å². The summed E-state index contributed by atoms with van der Waals surface area (Å²) in [6.07, 6.45) is 10.1. The van der Waals surface area contributed by atoms with Gasteiger partial charge in [-0.15, -0.1) is 10.2 Å². The van der Waals surface area contributed by atoms with Gasteiger partial charge in [-0.1, -0.05) is 6.92 Å². The average Bonchev–Trinajstić information content (AvgIpc) is 2.95. The largest absolute Gasteiger partial charge is 0.376 e. The van der Waals surface area contributed by atoms with Gasteiger partial charge in [0.15, 0.2) is 5.82 Å². The predicted molar refractivity (Wildman–Crippen MR) is 72.1 cm³/mol. The van der Waals surface area contributed by atoms with Crippen molar-refractivity contribution < 1.29 is 4.74 Å². The maximum atomic E-state index is 5.86. The molecule has 102 valence electrons. The van der Waals surface area contributed by atoms with Gasteiger partial charge in [0.1, 0.15) is 6.33 Å². The number of hydrogen-bond donors (Lipinski definition) is 1. The first-order valence-electron chi connectivity index (χ1n) is 6.91. The minimum atomic E-state index is 0.267. The SMILES string of the molecule is CCC(Nc1nccn2cnnc12)C1CCCCO1. The molecule has 19 heavy (non-hydrogen) atoms. The third kappa shape index (κ3) is 2.53. The molecule has 2 atom stereocenters. The highest BCUT2D eigenvalue weighted by molar-refractivity contribution is 5.61. The zero-order valence-corrected chi connectivity index (χ0v) is 11.1. The number of anilines is 1. The smallest absolute Gasteiger partial charge is 0.203 e. The summed E-state index contributed by atoms with van der Waals surface area (Å²) < 4.78 is 7.73. The van der Waals surface area contributed by atoms with Crippen molar-refractivity contribution in [3.05, 3.63) is 18.7 Å². The highest BCUT2D eigenvalue weighted by atomic mass is 16.5.